The van der Waals surface area contributed by atoms with Crippen LogP contribution in [0, 0.1) is 0 Å². The Bertz CT molecular complexity index is 388. The van der Waals surface area contributed by atoms with E-state index < -0.39 is 28.8 Å². The van der Waals surface area contributed by atoms with Gasteiger partial charge in [-0.25, -0.2) is 4.79 Å². The van der Waals surface area contributed by atoms with E-state index in [1.807, 2.05) is 0 Å². The average molecular weight is 282 g/mol. The molecule has 106 valence electrons. The first-order valence-corrected chi connectivity index (χ1v) is 6.97. The van der Waals surface area contributed by atoms with E-state index >= 15 is 0 Å². The number of nitrogens with one attached hydrogen (secondary N) is 1. The zero-order valence-corrected chi connectivity index (χ0v) is 11.1. The maximum Gasteiger partial charge on any atom is 0.333 e. The number of carboxylic acids is 1. The molecule has 0 bridgehead atoms. The Labute approximate surface area is 106 Å². The molecule has 1 aliphatic heterocycles. The third-order valence-corrected chi connectivity index (χ3v) is 3.98. The number of hydrogen-bond acceptors (Lipinski definition) is 5. The van der Waals surface area contributed by atoms with E-state index in [2.05, 4.69) is 4.72 Å². The molecule has 0 amide bonds. The van der Waals surface area contributed by atoms with Crippen molar-refractivity contribution in [1.82, 2.24) is 9.03 Å². The summed E-state index contributed by atoms with van der Waals surface area (Å²) < 4.78 is 32.4. The molecule has 1 rings (SSSR count). The van der Waals surface area contributed by atoms with E-state index in [0.717, 1.165) is 0 Å². The fourth-order valence-electron chi connectivity index (χ4n) is 1.69. The number of carboxylic acid groups (broad SMARTS) is 1. The Hall–Kier alpha value is -0.740. The average Bonchev–Trinajstić information content (AvgIpc) is 2.24. The van der Waals surface area contributed by atoms with E-state index in [9.17, 15) is 13.2 Å². The van der Waals surface area contributed by atoms with E-state index in [1.165, 1.54) is 4.31 Å². The minimum absolute atomic E-state index is 0.197. The summed E-state index contributed by atoms with van der Waals surface area (Å²) in [7, 11) is -3.80. The van der Waals surface area contributed by atoms with Crippen molar-refractivity contribution >= 4 is 16.2 Å². The van der Waals surface area contributed by atoms with Crippen molar-refractivity contribution < 1.29 is 28.2 Å². The van der Waals surface area contributed by atoms with Gasteiger partial charge in [-0.3, -0.25) is 0 Å². The van der Waals surface area contributed by atoms with Crippen LogP contribution in [0.4, 0.5) is 0 Å². The molecule has 3 atom stereocenters. The molecular weight excluding hydrogens is 264 g/mol. The van der Waals surface area contributed by atoms with Gasteiger partial charge in [0.25, 0.3) is 10.2 Å². The summed E-state index contributed by atoms with van der Waals surface area (Å²) in [5.41, 5.74) is 0. The second-order valence-electron chi connectivity index (χ2n) is 4.28. The SMILES string of the molecule is CC1CN(S(=O)(=O)NCC(O)C(=O)O)CC(C)O1. The Morgan fingerprint density at radius 1 is 1.44 bits per heavy atom. The molecular formula is C9H18N2O6S. The third kappa shape index (κ3) is 4.18. The van der Waals surface area contributed by atoms with E-state index in [-0.39, 0.29) is 25.3 Å². The van der Waals surface area contributed by atoms with Gasteiger partial charge in [-0.1, -0.05) is 0 Å². The van der Waals surface area contributed by atoms with Crippen LogP contribution in [-0.2, 0) is 19.7 Å². The highest BCUT2D eigenvalue weighted by atomic mass is 32.2. The number of carbonyl (C=O) groups is 1. The molecule has 1 fully saturated rings. The number of hydrogen-bond donors (Lipinski definition) is 3. The van der Waals surface area contributed by atoms with Crippen LogP contribution in [0.1, 0.15) is 13.8 Å². The van der Waals surface area contributed by atoms with Crippen molar-refractivity contribution in [3.8, 4) is 0 Å². The highest BCUT2D eigenvalue weighted by Crippen LogP contribution is 2.13. The second kappa shape index (κ2) is 5.93. The monoisotopic (exact) mass is 282 g/mol. The number of ether oxygens (including phenoxy) is 1. The first-order chi connectivity index (χ1) is 8.22. The van der Waals surface area contributed by atoms with Gasteiger partial charge in [0.15, 0.2) is 6.10 Å². The second-order valence-corrected chi connectivity index (χ2v) is 6.04. The Kier molecular flexibility index (Phi) is 5.05. The fraction of sp³-hybridized carbons (Fsp3) is 0.889. The lowest BCUT2D eigenvalue weighted by molar-refractivity contribution is -0.146. The molecule has 0 radical (unpaired) electrons. The highest BCUT2D eigenvalue weighted by molar-refractivity contribution is 7.87. The van der Waals surface area contributed by atoms with E-state index in [1.54, 1.807) is 13.8 Å². The van der Waals surface area contributed by atoms with Crippen LogP contribution >= 0.6 is 0 Å². The van der Waals surface area contributed by atoms with Gasteiger partial charge in [0.1, 0.15) is 0 Å². The van der Waals surface area contributed by atoms with Crippen LogP contribution in [0.2, 0.25) is 0 Å². The molecule has 1 aliphatic rings. The molecule has 1 heterocycles. The summed E-state index contributed by atoms with van der Waals surface area (Å²) in [6.07, 6.45) is -2.21. The molecule has 0 aromatic rings. The van der Waals surface area contributed by atoms with Crippen LogP contribution in [0.5, 0.6) is 0 Å². The van der Waals surface area contributed by atoms with Gasteiger partial charge in [-0.15, -0.1) is 0 Å². The lowest BCUT2D eigenvalue weighted by Gasteiger charge is -2.34. The normalized spacial score (nSPS) is 27.9. The lowest BCUT2D eigenvalue weighted by Crippen LogP contribution is -2.53. The Morgan fingerprint density at radius 3 is 2.39 bits per heavy atom. The molecule has 0 aliphatic carbocycles. The summed E-state index contributed by atoms with van der Waals surface area (Å²) in [4.78, 5) is 10.4. The first-order valence-electron chi connectivity index (χ1n) is 5.53. The van der Waals surface area contributed by atoms with Gasteiger partial charge < -0.3 is 14.9 Å². The van der Waals surface area contributed by atoms with Gasteiger partial charge in [0.2, 0.25) is 0 Å². The van der Waals surface area contributed by atoms with Crippen molar-refractivity contribution in [1.29, 1.82) is 0 Å². The molecule has 1 saturated heterocycles. The molecule has 9 heteroatoms. The van der Waals surface area contributed by atoms with Crippen LogP contribution in [0.25, 0.3) is 0 Å². The number of aliphatic hydroxyl groups excluding tert-OH is 1. The first kappa shape index (κ1) is 15.3. The number of rotatable bonds is 5. The quantitative estimate of drug-likeness (QED) is 0.558. The van der Waals surface area contributed by atoms with E-state index in [4.69, 9.17) is 14.9 Å². The third-order valence-electron chi connectivity index (χ3n) is 2.47. The van der Waals surface area contributed by atoms with Gasteiger partial charge in [0, 0.05) is 19.6 Å². The predicted octanol–water partition coefficient (Wildman–Crippen LogP) is -1.62. The van der Waals surface area contributed by atoms with Gasteiger partial charge >= 0.3 is 5.97 Å². The fourth-order valence-corrected chi connectivity index (χ4v) is 3.05. The smallest absolute Gasteiger partial charge is 0.333 e. The Morgan fingerprint density at radius 2 is 1.94 bits per heavy atom. The van der Waals surface area contributed by atoms with Crippen molar-refractivity contribution in [2.75, 3.05) is 19.6 Å². The topological polar surface area (TPSA) is 116 Å². The summed E-state index contributed by atoms with van der Waals surface area (Å²) in [6, 6.07) is 0. The molecule has 0 saturated carbocycles. The largest absolute Gasteiger partial charge is 0.479 e. The number of morpholine rings is 1. The van der Waals surface area contributed by atoms with Gasteiger partial charge in [0.05, 0.1) is 12.2 Å². The van der Waals surface area contributed by atoms with Gasteiger partial charge in [-0.05, 0) is 13.8 Å². The van der Waals surface area contributed by atoms with Crippen LogP contribution in [0.15, 0.2) is 0 Å². The summed E-state index contributed by atoms with van der Waals surface area (Å²) >= 11 is 0. The zero-order chi connectivity index (χ0) is 13.9. The highest BCUT2D eigenvalue weighted by Gasteiger charge is 2.31. The molecule has 3 unspecified atom stereocenters. The van der Waals surface area contributed by atoms with Crippen molar-refractivity contribution in [3.63, 3.8) is 0 Å². The molecule has 8 nitrogen and oxygen atoms in total. The molecule has 0 spiro atoms. The van der Waals surface area contributed by atoms with E-state index in [0.29, 0.717) is 0 Å². The van der Waals surface area contributed by atoms with Crippen molar-refractivity contribution in [3.05, 3.63) is 0 Å². The zero-order valence-electron chi connectivity index (χ0n) is 10.2. The molecule has 0 aromatic heterocycles. The lowest BCUT2D eigenvalue weighted by atomic mass is 10.3. The summed E-state index contributed by atoms with van der Waals surface area (Å²) in [6.45, 7) is 3.35. The number of nitrogens with zero attached hydrogens (tertiary/aromatic N) is 1. The Balaban J connectivity index is 2.60. The maximum atomic E-state index is 11.9. The maximum absolute atomic E-state index is 11.9. The number of aliphatic hydroxyl groups is 1. The molecule has 3 N–H and O–H groups in total. The summed E-state index contributed by atoms with van der Waals surface area (Å²) in [5, 5.41) is 17.5. The van der Waals surface area contributed by atoms with Gasteiger partial charge in [-0.2, -0.15) is 17.4 Å². The number of aliphatic carboxylic acids is 1. The van der Waals surface area contributed by atoms with Crippen LogP contribution in [-0.4, -0.2) is 66.9 Å². The van der Waals surface area contributed by atoms with Crippen molar-refractivity contribution in [2.45, 2.75) is 32.2 Å². The molecule has 18 heavy (non-hydrogen) atoms. The minimum Gasteiger partial charge on any atom is -0.479 e. The van der Waals surface area contributed by atoms with Crippen LogP contribution < -0.4 is 4.72 Å². The standard InChI is InChI=1S/C9H18N2O6S/c1-6-4-11(5-7(2)17-6)18(15,16)10-3-8(12)9(13)14/h6-8,10,12H,3-5H2,1-2H3,(H,13,14). The predicted molar refractivity (Wildman–Crippen MR) is 62.1 cm³/mol. The molecule has 0 aromatic carbocycles. The van der Waals surface area contributed by atoms with Crippen LogP contribution in [0.3, 0.4) is 0 Å². The van der Waals surface area contributed by atoms with Crippen molar-refractivity contribution in [2.24, 2.45) is 0 Å². The summed E-state index contributed by atoms with van der Waals surface area (Å²) in [5.74, 6) is -1.47. The minimum atomic E-state index is -3.80.